The molecule has 0 spiro atoms. The summed E-state index contributed by atoms with van der Waals surface area (Å²) in [5.74, 6) is 0.411. The third-order valence-electron chi connectivity index (χ3n) is 5.55. The Bertz CT molecular complexity index is 1320. The number of aromatic nitrogens is 2. The van der Waals surface area contributed by atoms with Gasteiger partial charge < -0.3 is 9.30 Å². The van der Waals surface area contributed by atoms with Crippen LogP contribution < -0.4 is 4.90 Å². The maximum absolute atomic E-state index is 13.2. The molecule has 154 valence electrons. The smallest absolute Gasteiger partial charge is 0.243 e. The molecule has 0 atom stereocenters. The Morgan fingerprint density at radius 3 is 2.43 bits per heavy atom. The first-order chi connectivity index (χ1) is 14.5. The molecule has 8 heteroatoms. The van der Waals surface area contributed by atoms with E-state index in [1.807, 2.05) is 42.6 Å². The zero-order valence-corrected chi connectivity index (χ0v) is 17.1. The molecule has 6 nitrogen and oxygen atoms in total. The van der Waals surface area contributed by atoms with Gasteiger partial charge in [-0.15, -0.1) is 0 Å². The summed E-state index contributed by atoms with van der Waals surface area (Å²) in [6.07, 6.45) is 2.70. The van der Waals surface area contributed by atoms with Crippen LogP contribution in [0.1, 0.15) is 6.42 Å². The summed E-state index contributed by atoms with van der Waals surface area (Å²) in [6, 6.07) is 17.0. The molecule has 1 aliphatic rings. The standard InChI is InChI=1S/C22H21FN4O2S/c23-17-8-10-18(11-9-17)30(28,29)26-13-4-12-25(15-16-26)22-21-7-3-14-27(21)20-6-2-1-5-19(20)24-22/h1-3,5-11,14H,4,12-13,15-16H2. The third kappa shape index (κ3) is 3.22. The molecule has 2 aromatic carbocycles. The van der Waals surface area contributed by atoms with Crippen molar-refractivity contribution in [1.29, 1.82) is 0 Å². The van der Waals surface area contributed by atoms with E-state index < -0.39 is 15.8 Å². The molecular formula is C22H21FN4O2S. The van der Waals surface area contributed by atoms with E-state index in [2.05, 4.69) is 9.30 Å². The largest absolute Gasteiger partial charge is 0.353 e. The van der Waals surface area contributed by atoms with Gasteiger partial charge >= 0.3 is 0 Å². The van der Waals surface area contributed by atoms with Crippen LogP contribution in [0.3, 0.4) is 0 Å². The van der Waals surface area contributed by atoms with E-state index in [0.717, 1.165) is 22.4 Å². The van der Waals surface area contributed by atoms with Gasteiger partial charge in [0, 0.05) is 32.4 Å². The number of fused-ring (bicyclic) bond motifs is 3. The van der Waals surface area contributed by atoms with E-state index in [9.17, 15) is 12.8 Å². The first kappa shape index (κ1) is 19.0. The van der Waals surface area contributed by atoms with Gasteiger partial charge in [-0.2, -0.15) is 4.31 Å². The van der Waals surface area contributed by atoms with Crippen LogP contribution in [0.2, 0.25) is 0 Å². The lowest BCUT2D eigenvalue weighted by Gasteiger charge is -2.24. The molecule has 0 unspecified atom stereocenters. The highest BCUT2D eigenvalue weighted by molar-refractivity contribution is 7.89. The predicted octanol–water partition coefficient (Wildman–Crippen LogP) is 3.53. The van der Waals surface area contributed by atoms with E-state index in [1.165, 1.54) is 28.6 Å². The summed E-state index contributed by atoms with van der Waals surface area (Å²) in [4.78, 5) is 7.17. The normalized spacial score (nSPS) is 16.2. The van der Waals surface area contributed by atoms with Crippen LogP contribution in [0.4, 0.5) is 10.2 Å². The molecule has 1 aliphatic heterocycles. The van der Waals surface area contributed by atoms with Crippen LogP contribution in [-0.4, -0.2) is 48.3 Å². The summed E-state index contributed by atoms with van der Waals surface area (Å²) >= 11 is 0. The summed E-state index contributed by atoms with van der Waals surface area (Å²) in [5.41, 5.74) is 2.94. The van der Waals surface area contributed by atoms with Crippen molar-refractivity contribution in [3.8, 4) is 0 Å². The second-order valence-electron chi connectivity index (χ2n) is 7.39. The fraction of sp³-hybridized carbons (Fsp3) is 0.227. The molecule has 0 aliphatic carbocycles. The van der Waals surface area contributed by atoms with Gasteiger partial charge in [-0.3, -0.25) is 0 Å². The fourth-order valence-electron chi connectivity index (χ4n) is 4.04. The first-order valence-corrected chi connectivity index (χ1v) is 11.3. The lowest BCUT2D eigenvalue weighted by molar-refractivity contribution is 0.433. The second kappa shape index (κ2) is 7.37. The molecule has 2 aromatic heterocycles. The quantitative estimate of drug-likeness (QED) is 0.505. The van der Waals surface area contributed by atoms with Gasteiger partial charge in [-0.1, -0.05) is 12.1 Å². The van der Waals surface area contributed by atoms with Gasteiger partial charge in [0.15, 0.2) is 5.82 Å². The monoisotopic (exact) mass is 424 g/mol. The van der Waals surface area contributed by atoms with Gasteiger partial charge in [0.2, 0.25) is 10.0 Å². The summed E-state index contributed by atoms with van der Waals surface area (Å²) < 4.78 is 42.8. The molecule has 0 N–H and O–H groups in total. The minimum Gasteiger partial charge on any atom is -0.353 e. The Hall–Kier alpha value is -2.97. The molecule has 5 rings (SSSR count). The average Bonchev–Trinajstić information content (AvgIpc) is 3.11. The third-order valence-corrected chi connectivity index (χ3v) is 7.46. The molecular weight excluding hydrogens is 403 g/mol. The molecule has 0 bridgehead atoms. The minimum atomic E-state index is -3.66. The van der Waals surface area contributed by atoms with Crippen LogP contribution in [0, 0.1) is 5.82 Å². The molecule has 0 radical (unpaired) electrons. The number of para-hydroxylation sites is 2. The second-order valence-corrected chi connectivity index (χ2v) is 9.32. The van der Waals surface area contributed by atoms with E-state index in [4.69, 9.17) is 4.98 Å². The van der Waals surface area contributed by atoms with Crippen LogP contribution in [0.15, 0.2) is 71.8 Å². The number of nitrogens with zero attached hydrogens (tertiary/aromatic N) is 4. The SMILES string of the molecule is O=S(=O)(c1ccc(F)cc1)N1CCCN(c2nc3ccccc3n3cccc23)CC1. The zero-order valence-electron chi connectivity index (χ0n) is 16.3. The number of halogens is 1. The molecule has 4 aromatic rings. The van der Waals surface area contributed by atoms with Crippen molar-refractivity contribution in [2.45, 2.75) is 11.3 Å². The summed E-state index contributed by atoms with van der Waals surface area (Å²) in [5, 5.41) is 0. The Balaban J connectivity index is 1.46. The topological polar surface area (TPSA) is 57.9 Å². The van der Waals surface area contributed by atoms with Crippen molar-refractivity contribution in [1.82, 2.24) is 13.7 Å². The molecule has 3 heterocycles. The highest BCUT2D eigenvalue weighted by Gasteiger charge is 2.28. The zero-order chi connectivity index (χ0) is 20.7. The Morgan fingerprint density at radius 2 is 1.60 bits per heavy atom. The van der Waals surface area contributed by atoms with E-state index >= 15 is 0 Å². The van der Waals surface area contributed by atoms with Gasteiger partial charge in [0.25, 0.3) is 0 Å². The Labute approximate surface area is 174 Å². The highest BCUT2D eigenvalue weighted by Crippen LogP contribution is 2.27. The molecule has 0 saturated carbocycles. The van der Waals surface area contributed by atoms with Gasteiger partial charge in [-0.25, -0.2) is 17.8 Å². The number of sulfonamides is 1. The Kier molecular flexibility index (Phi) is 4.67. The van der Waals surface area contributed by atoms with Crippen molar-refractivity contribution >= 4 is 32.4 Å². The number of hydrogen-bond acceptors (Lipinski definition) is 4. The molecule has 0 amide bonds. The lowest BCUT2D eigenvalue weighted by atomic mass is 10.3. The van der Waals surface area contributed by atoms with Crippen molar-refractivity contribution < 1.29 is 12.8 Å². The van der Waals surface area contributed by atoms with Crippen LogP contribution in [0.25, 0.3) is 16.6 Å². The lowest BCUT2D eigenvalue weighted by Crippen LogP contribution is -2.35. The predicted molar refractivity (Wildman–Crippen MR) is 115 cm³/mol. The number of rotatable bonds is 3. The maximum atomic E-state index is 13.2. The van der Waals surface area contributed by atoms with Crippen LogP contribution in [0.5, 0.6) is 0 Å². The van der Waals surface area contributed by atoms with Gasteiger partial charge in [-0.05, 0) is 55.0 Å². The molecule has 30 heavy (non-hydrogen) atoms. The van der Waals surface area contributed by atoms with E-state index in [1.54, 1.807) is 0 Å². The molecule has 1 saturated heterocycles. The summed E-state index contributed by atoms with van der Waals surface area (Å²) in [7, 11) is -3.66. The molecule has 1 fully saturated rings. The minimum absolute atomic E-state index is 0.121. The fourth-order valence-corrected chi connectivity index (χ4v) is 5.51. The number of hydrogen-bond donors (Lipinski definition) is 0. The van der Waals surface area contributed by atoms with Crippen molar-refractivity contribution in [2.75, 3.05) is 31.1 Å². The van der Waals surface area contributed by atoms with Crippen molar-refractivity contribution in [2.24, 2.45) is 0 Å². The Morgan fingerprint density at radius 1 is 0.833 bits per heavy atom. The van der Waals surface area contributed by atoms with Gasteiger partial charge in [0.1, 0.15) is 5.82 Å². The van der Waals surface area contributed by atoms with Crippen LogP contribution >= 0.6 is 0 Å². The van der Waals surface area contributed by atoms with E-state index in [0.29, 0.717) is 32.6 Å². The van der Waals surface area contributed by atoms with Gasteiger partial charge in [0.05, 0.1) is 21.4 Å². The number of anilines is 1. The first-order valence-electron chi connectivity index (χ1n) is 9.90. The van der Waals surface area contributed by atoms with E-state index in [-0.39, 0.29) is 4.90 Å². The number of benzene rings is 2. The van der Waals surface area contributed by atoms with Crippen molar-refractivity contribution in [3.63, 3.8) is 0 Å². The highest BCUT2D eigenvalue weighted by atomic mass is 32.2. The average molecular weight is 425 g/mol. The van der Waals surface area contributed by atoms with Crippen molar-refractivity contribution in [3.05, 3.63) is 72.7 Å². The van der Waals surface area contributed by atoms with Crippen LogP contribution in [-0.2, 0) is 10.0 Å². The maximum Gasteiger partial charge on any atom is 0.243 e. The summed E-state index contributed by atoms with van der Waals surface area (Å²) in [6.45, 7) is 2.01.